The van der Waals surface area contributed by atoms with Gasteiger partial charge in [0.1, 0.15) is 0 Å². The number of carbonyl (C=O) groups excluding carboxylic acids is 2. The van der Waals surface area contributed by atoms with Gasteiger partial charge in [0.05, 0.1) is 0 Å². The van der Waals surface area contributed by atoms with Crippen LogP contribution in [0.2, 0.25) is 10.3 Å². The molecule has 6 nitrogen and oxygen atoms in total. The molecule has 9 heteroatoms. The van der Waals surface area contributed by atoms with Crippen molar-refractivity contribution in [1.29, 1.82) is 0 Å². The van der Waals surface area contributed by atoms with Gasteiger partial charge in [-0.3, -0.25) is 0 Å². The van der Waals surface area contributed by atoms with Crippen molar-refractivity contribution in [2.24, 2.45) is 0 Å². The molecule has 0 N–H and O–H groups in total. The first-order chi connectivity index (χ1) is 10.1. The molecule has 2 aromatic heterocycles. The molecule has 21 heavy (non-hydrogen) atoms. The minimum atomic E-state index is -2.40. The van der Waals surface area contributed by atoms with Crippen molar-refractivity contribution < 1.29 is 15.0 Å². The number of aromatic nitrogens is 2. The van der Waals surface area contributed by atoms with Crippen molar-refractivity contribution in [3.63, 3.8) is 0 Å². The van der Waals surface area contributed by atoms with Gasteiger partial charge in [-0.1, -0.05) is 0 Å². The van der Waals surface area contributed by atoms with E-state index in [4.69, 9.17) is 28.6 Å². The second kappa shape index (κ2) is 7.67. The van der Waals surface area contributed by atoms with Crippen LogP contribution in [-0.2, 0) is 5.37 Å². The van der Waals surface area contributed by atoms with Crippen molar-refractivity contribution in [3.8, 4) is 0 Å². The first kappa shape index (κ1) is 16.1. The van der Waals surface area contributed by atoms with E-state index in [9.17, 15) is 9.59 Å². The molecule has 0 unspecified atom stereocenters. The number of rotatable bonds is 4. The van der Waals surface area contributed by atoms with E-state index >= 15 is 0 Å². The van der Waals surface area contributed by atoms with Crippen LogP contribution in [0, 0.1) is 0 Å². The van der Waals surface area contributed by atoms with Crippen LogP contribution in [0.1, 0.15) is 20.7 Å². The summed E-state index contributed by atoms with van der Waals surface area (Å²) in [5, 5.41) is 0.0699. The Morgan fingerprint density at radius 1 is 0.905 bits per heavy atom. The average molecular weight is 520 g/mol. The van der Waals surface area contributed by atoms with E-state index in [-0.39, 0.29) is 21.4 Å². The Balaban J connectivity index is 1.90. The number of halogens is 2. The fourth-order valence-corrected chi connectivity index (χ4v) is 3.28. The molecule has 0 aliphatic carbocycles. The van der Waals surface area contributed by atoms with Crippen LogP contribution in [0.25, 0.3) is 0 Å². The normalized spacial score (nSPS) is 10.0. The van der Waals surface area contributed by atoms with Gasteiger partial charge in [-0.15, -0.1) is 0 Å². The molecule has 106 valence electrons. The van der Waals surface area contributed by atoms with E-state index in [0.29, 0.717) is 0 Å². The third-order valence-corrected chi connectivity index (χ3v) is 4.92. The summed E-state index contributed by atoms with van der Waals surface area (Å²) in [7, 11) is 0. The average Bonchev–Trinajstić information content (AvgIpc) is 2.48. The Morgan fingerprint density at radius 3 is 1.71 bits per heavy atom. The van der Waals surface area contributed by atoms with Crippen molar-refractivity contribution in [2.75, 3.05) is 0 Å². The standard InChI is InChI=1S/2C6H4ClNO2.Pb/c2*7-5-4(6(9)10)2-1-3-8-5;/h2*1-3H,(H,9,10);/q;;+2/p-2. The topological polar surface area (TPSA) is 78.4 Å². The SMILES string of the molecule is O=C([O][Pb][O]C(=O)c1cccnc1Cl)c1cccnc1Cl. The van der Waals surface area contributed by atoms with Gasteiger partial charge in [-0.25, -0.2) is 0 Å². The Hall–Kier alpha value is -1.26. The van der Waals surface area contributed by atoms with E-state index in [1.54, 1.807) is 12.1 Å². The second-order valence-electron chi connectivity index (χ2n) is 3.55. The van der Waals surface area contributed by atoms with Crippen LogP contribution in [-0.4, -0.2) is 47.0 Å². The van der Waals surface area contributed by atoms with Gasteiger partial charge in [-0.2, -0.15) is 0 Å². The zero-order chi connectivity index (χ0) is 15.2. The van der Waals surface area contributed by atoms with Gasteiger partial charge in [0.15, 0.2) is 0 Å². The van der Waals surface area contributed by atoms with Crippen molar-refractivity contribution in [3.05, 3.63) is 58.1 Å². The van der Waals surface area contributed by atoms with E-state index in [0.717, 1.165) is 0 Å². The molecule has 0 fully saturated rings. The fourth-order valence-electron chi connectivity index (χ4n) is 1.28. The van der Waals surface area contributed by atoms with Crippen LogP contribution >= 0.6 is 23.2 Å². The summed E-state index contributed by atoms with van der Waals surface area (Å²) < 4.78 is 9.93. The predicted molar refractivity (Wildman–Crippen MR) is 75.1 cm³/mol. The van der Waals surface area contributed by atoms with Crippen molar-refractivity contribution >= 4 is 60.3 Å². The zero-order valence-corrected chi connectivity index (χ0v) is 15.6. The van der Waals surface area contributed by atoms with E-state index in [2.05, 4.69) is 9.97 Å². The van der Waals surface area contributed by atoms with Crippen molar-refractivity contribution in [2.45, 2.75) is 0 Å². The quantitative estimate of drug-likeness (QED) is 0.455. The van der Waals surface area contributed by atoms with Gasteiger partial charge in [-0.05, 0) is 0 Å². The Labute approximate surface area is 142 Å². The number of hydrogen-bond acceptors (Lipinski definition) is 6. The number of carbonyl (C=O) groups is 2. The molecular formula is C12H6Cl2N2O4Pb. The van der Waals surface area contributed by atoms with Crippen LogP contribution < -0.4 is 0 Å². The molecule has 2 radical (unpaired) electrons. The Morgan fingerprint density at radius 2 is 1.33 bits per heavy atom. The zero-order valence-electron chi connectivity index (χ0n) is 10.2. The second-order valence-corrected chi connectivity index (χ2v) is 6.50. The molecule has 2 rings (SSSR count). The molecule has 0 bridgehead atoms. The van der Waals surface area contributed by atoms with E-state index in [1.807, 2.05) is 0 Å². The Kier molecular flexibility index (Phi) is 5.88. The fraction of sp³-hybridized carbons (Fsp3) is 0. The van der Waals surface area contributed by atoms with Gasteiger partial charge in [0.2, 0.25) is 0 Å². The van der Waals surface area contributed by atoms with Gasteiger partial charge in [0, 0.05) is 0 Å². The summed E-state index contributed by atoms with van der Waals surface area (Å²) in [6.07, 6.45) is 2.90. The molecule has 2 aromatic rings. The summed E-state index contributed by atoms with van der Waals surface area (Å²) in [4.78, 5) is 31.0. The molecule has 2 heterocycles. The molecule has 0 aromatic carbocycles. The third-order valence-electron chi connectivity index (χ3n) is 2.23. The summed E-state index contributed by atoms with van der Waals surface area (Å²) in [6.45, 7) is 0. The Bertz CT molecular complexity index is 626. The van der Waals surface area contributed by atoms with Crippen LogP contribution in [0.5, 0.6) is 0 Å². The summed E-state index contributed by atoms with van der Waals surface area (Å²) in [6, 6.07) is 6.05. The molecule has 0 aliphatic rings. The molecule has 0 amide bonds. The monoisotopic (exact) mass is 520 g/mol. The first-order valence-corrected chi connectivity index (χ1v) is 9.41. The molecule has 0 spiro atoms. The van der Waals surface area contributed by atoms with Crippen LogP contribution in [0.15, 0.2) is 36.7 Å². The predicted octanol–water partition coefficient (Wildman–Crippen LogP) is 2.33. The number of nitrogens with zero attached hydrogens (tertiary/aromatic N) is 2. The van der Waals surface area contributed by atoms with E-state index in [1.165, 1.54) is 24.5 Å². The number of pyridine rings is 2. The van der Waals surface area contributed by atoms with Gasteiger partial charge < -0.3 is 0 Å². The van der Waals surface area contributed by atoms with Gasteiger partial charge in [0.25, 0.3) is 0 Å². The van der Waals surface area contributed by atoms with Crippen LogP contribution in [0.3, 0.4) is 0 Å². The third kappa shape index (κ3) is 4.35. The van der Waals surface area contributed by atoms with Crippen molar-refractivity contribution in [1.82, 2.24) is 9.97 Å². The molecular weight excluding hydrogens is 514 g/mol. The molecule has 0 atom stereocenters. The van der Waals surface area contributed by atoms with Gasteiger partial charge >= 0.3 is 143 Å². The molecule has 0 aliphatic heterocycles. The molecule has 0 saturated heterocycles. The summed E-state index contributed by atoms with van der Waals surface area (Å²) >= 11 is 9.11. The van der Waals surface area contributed by atoms with Crippen LogP contribution in [0.4, 0.5) is 0 Å². The van der Waals surface area contributed by atoms with E-state index < -0.39 is 37.1 Å². The summed E-state index contributed by atoms with van der Waals surface area (Å²) in [5.74, 6) is -1.33. The molecule has 0 saturated carbocycles. The maximum atomic E-state index is 11.7. The number of hydrogen-bond donors (Lipinski definition) is 0. The maximum absolute atomic E-state index is 11.7. The first-order valence-electron chi connectivity index (χ1n) is 5.48. The minimum absolute atomic E-state index is 0.0349. The summed E-state index contributed by atoms with van der Waals surface area (Å²) in [5.41, 5.74) is 0.254.